The lowest BCUT2D eigenvalue weighted by Crippen LogP contribution is -2.17. The van der Waals surface area contributed by atoms with Crippen LogP contribution in [0.5, 0.6) is 5.75 Å². The van der Waals surface area contributed by atoms with Crippen molar-refractivity contribution in [2.75, 3.05) is 6.61 Å². The first-order valence-corrected chi connectivity index (χ1v) is 14.0. The molecule has 1 aromatic heterocycles. The Kier molecular flexibility index (Phi) is 7.91. The Morgan fingerprint density at radius 2 is 1.93 bits per heavy atom. The number of rotatable bonds is 9. The highest BCUT2D eigenvalue weighted by Crippen LogP contribution is 2.29. The molecule has 1 aliphatic rings. The second-order valence-corrected chi connectivity index (χ2v) is 10.8. The van der Waals surface area contributed by atoms with Gasteiger partial charge in [-0.1, -0.05) is 41.9 Å². The first-order chi connectivity index (χ1) is 20.3. The molecule has 0 aliphatic carbocycles. The highest BCUT2D eigenvalue weighted by molar-refractivity contribution is 6.30. The van der Waals surface area contributed by atoms with Crippen LogP contribution in [0, 0.1) is 11.6 Å². The number of benzene rings is 4. The van der Waals surface area contributed by atoms with Crippen LogP contribution in [0.4, 0.5) is 8.78 Å². The Balaban J connectivity index is 1.24. The van der Waals surface area contributed by atoms with Crippen LogP contribution in [-0.4, -0.2) is 33.3 Å². The number of carboxylic acids is 1. The quantitative estimate of drug-likeness (QED) is 0.191. The van der Waals surface area contributed by atoms with Gasteiger partial charge in [-0.25, -0.2) is 18.6 Å². The molecule has 0 spiro atoms. The first kappa shape index (κ1) is 27.9. The monoisotopic (exact) mass is 588 g/mol. The lowest BCUT2D eigenvalue weighted by atomic mass is 10.0. The first-order valence-electron chi connectivity index (χ1n) is 13.6. The molecule has 0 saturated carbocycles. The van der Waals surface area contributed by atoms with Gasteiger partial charge in [-0.3, -0.25) is 0 Å². The minimum absolute atomic E-state index is 0.00866. The summed E-state index contributed by atoms with van der Waals surface area (Å²) in [5.74, 6) is -0.670. The summed E-state index contributed by atoms with van der Waals surface area (Å²) >= 11 is 5.82. The van der Waals surface area contributed by atoms with E-state index in [1.54, 1.807) is 54.6 Å². The molecule has 2 heterocycles. The van der Waals surface area contributed by atoms with Crippen LogP contribution in [0.15, 0.2) is 78.9 Å². The topological polar surface area (TPSA) is 73.6 Å². The molecular weight excluding hydrogens is 562 g/mol. The molecule has 214 valence electrons. The number of ether oxygens (including phenoxy) is 2. The number of aromatic nitrogens is 2. The molecule has 1 saturated heterocycles. The normalized spacial score (nSPS) is 14.9. The van der Waals surface area contributed by atoms with E-state index < -0.39 is 17.6 Å². The maximum absolute atomic E-state index is 15.5. The van der Waals surface area contributed by atoms with Gasteiger partial charge in [-0.05, 0) is 72.5 Å². The molecule has 1 fully saturated rings. The molecule has 0 radical (unpaired) electrons. The van der Waals surface area contributed by atoms with Crippen LogP contribution < -0.4 is 4.74 Å². The van der Waals surface area contributed by atoms with Crippen molar-refractivity contribution in [3.63, 3.8) is 0 Å². The summed E-state index contributed by atoms with van der Waals surface area (Å²) in [6.45, 7) is 1.25. The Hall–Kier alpha value is -4.27. The van der Waals surface area contributed by atoms with Crippen LogP contribution in [0.3, 0.4) is 0 Å². The summed E-state index contributed by atoms with van der Waals surface area (Å²) in [4.78, 5) is 16.4. The van der Waals surface area contributed by atoms with Gasteiger partial charge < -0.3 is 19.1 Å². The molecule has 5 aromatic rings. The molecule has 0 bridgehead atoms. The van der Waals surface area contributed by atoms with Crippen molar-refractivity contribution in [2.45, 2.75) is 38.5 Å². The average Bonchev–Trinajstić information content (AvgIpc) is 3.61. The zero-order valence-electron chi connectivity index (χ0n) is 22.5. The van der Waals surface area contributed by atoms with Gasteiger partial charge in [0.25, 0.3) is 0 Å². The summed E-state index contributed by atoms with van der Waals surface area (Å²) in [7, 11) is 0. The molecule has 4 aromatic carbocycles. The molecule has 1 unspecified atom stereocenters. The highest BCUT2D eigenvalue weighted by Gasteiger charge is 2.21. The maximum atomic E-state index is 15.5. The number of halogens is 3. The zero-order chi connectivity index (χ0) is 29.2. The summed E-state index contributed by atoms with van der Waals surface area (Å²) in [6.07, 6.45) is 2.26. The van der Waals surface area contributed by atoms with Gasteiger partial charge in [0.15, 0.2) is 0 Å². The Labute approximate surface area is 246 Å². The van der Waals surface area contributed by atoms with Crippen LogP contribution in [-0.2, 0) is 24.3 Å². The van der Waals surface area contributed by atoms with Crippen molar-refractivity contribution in [1.29, 1.82) is 0 Å². The van der Waals surface area contributed by atoms with Crippen LogP contribution in [0.25, 0.3) is 22.2 Å². The minimum Gasteiger partial charge on any atom is -0.489 e. The third kappa shape index (κ3) is 6.00. The Bertz CT molecular complexity index is 1780. The molecular formula is C33H27ClF2N2O4. The highest BCUT2D eigenvalue weighted by atomic mass is 35.5. The smallest absolute Gasteiger partial charge is 0.335 e. The Morgan fingerprint density at radius 3 is 2.69 bits per heavy atom. The number of nitrogens with zero attached hydrogens (tertiary/aromatic N) is 2. The van der Waals surface area contributed by atoms with E-state index in [0.717, 1.165) is 18.4 Å². The van der Waals surface area contributed by atoms with E-state index in [2.05, 4.69) is 0 Å². The van der Waals surface area contributed by atoms with Crippen molar-refractivity contribution in [1.82, 2.24) is 9.55 Å². The van der Waals surface area contributed by atoms with Crippen molar-refractivity contribution < 1.29 is 28.2 Å². The number of hydrogen-bond donors (Lipinski definition) is 1. The summed E-state index contributed by atoms with van der Waals surface area (Å²) in [5, 5.41) is 9.82. The van der Waals surface area contributed by atoms with Crippen LogP contribution >= 0.6 is 11.6 Å². The molecule has 1 atom stereocenters. The van der Waals surface area contributed by atoms with Crippen LogP contribution in [0.1, 0.15) is 40.2 Å². The summed E-state index contributed by atoms with van der Waals surface area (Å²) < 4.78 is 43.2. The van der Waals surface area contributed by atoms with Crippen molar-refractivity contribution in [3.05, 3.63) is 118 Å². The molecule has 1 N–H and O–H groups in total. The van der Waals surface area contributed by atoms with E-state index in [1.807, 2.05) is 10.6 Å². The average molecular weight is 589 g/mol. The molecule has 6 nitrogen and oxygen atoms in total. The van der Waals surface area contributed by atoms with E-state index in [4.69, 9.17) is 26.1 Å². The lowest BCUT2D eigenvalue weighted by Gasteiger charge is -2.15. The maximum Gasteiger partial charge on any atom is 0.335 e. The summed E-state index contributed by atoms with van der Waals surface area (Å²) in [5.41, 5.74) is 3.70. The largest absolute Gasteiger partial charge is 0.489 e. The van der Waals surface area contributed by atoms with Gasteiger partial charge in [0, 0.05) is 29.2 Å². The van der Waals surface area contributed by atoms with Gasteiger partial charge in [0.2, 0.25) is 0 Å². The minimum atomic E-state index is -1.01. The van der Waals surface area contributed by atoms with E-state index in [-0.39, 0.29) is 18.3 Å². The second-order valence-electron chi connectivity index (χ2n) is 10.3. The molecule has 6 rings (SSSR count). The molecule has 1 aliphatic heterocycles. The molecule has 42 heavy (non-hydrogen) atoms. The fraction of sp³-hybridized carbons (Fsp3) is 0.212. The third-order valence-electron chi connectivity index (χ3n) is 7.43. The lowest BCUT2D eigenvalue weighted by molar-refractivity contribution is 0.0697. The number of carbonyl (C=O) groups is 1. The predicted molar refractivity (Wildman–Crippen MR) is 156 cm³/mol. The fourth-order valence-corrected chi connectivity index (χ4v) is 5.43. The molecule has 9 heteroatoms. The zero-order valence-corrected chi connectivity index (χ0v) is 23.3. The number of fused-ring (bicyclic) bond motifs is 1. The van der Waals surface area contributed by atoms with Gasteiger partial charge in [0.05, 0.1) is 29.2 Å². The second kappa shape index (κ2) is 11.9. The van der Waals surface area contributed by atoms with Gasteiger partial charge in [-0.15, -0.1) is 0 Å². The number of carboxylic acid groups (broad SMARTS) is 1. The van der Waals surface area contributed by atoms with E-state index in [0.29, 0.717) is 63.9 Å². The van der Waals surface area contributed by atoms with Crippen molar-refractivity contribution in [3.8, 4) is 16.9 Å². The SMILES string of the molecule is O=C(O)c1ccc2nc(Cc3ccc(-c4cccc(OCc5ccc(Cl)cc5F)c4)c(F)c3)n(CC3CCCO3)c2c1. The number of aromatic carboxylic acids is 1. The molecule has 0 amide bonds. The van der Waals surface area contributed by atoms with E-state index >= 15 is 4.39 Å². The van der Waals surface area contributed by atoms with Gasteiger partial charge >= 0.3 is 5.97 Å². The fourth-order valence-electron chi connectivity index (χ4n) is 5.27. The summed E-state index contributed by atoms with van der Waals surface area (Å²) in [6, 6.07) is 21.3. The number of hydrogen-bond acceptors (Lipinski definition) is 4. The number of imidazole rings is 1. The van der Waals surface area contributed by atoms with Crippen molar-refractivity contribution in [2.24, 2.45) is 0 Å². The van der Waals surface area contributed by atoms with E-state index in [9.17, 15) is 14.3 Å². The standard InChI is InChI=1S/C33H27ClF2N2O4/c34-24-9-7-23(28(35)17-24)19-42-25-4-1-3-21(15-25)27-10-6-20(13-29(27)36)14-32-37-30-11-8-22(33(39)40)16-31(30)38(32)18-26-5-2-12-41-26/h1,3-4,6-11,13,15-17,26H,2,5,12,14,18-19H2,(H,39,40). The van der Waals surface area contributed by atoms with Crippen molar-refractivity contribution >= 4 is 28.6 Å². The van der Waals surface area contributed by atoms with Gasteiger partial charge in [0.1, 0.15) is 29.8 Å². The van der Waals surface area contributed by atoms with Crippen LogP contribution in [0.2, 0.25) is 5.02 Å². The predicted octanol–water partition coefficient (Wildman–Crippen LogP) is 7.68. The van der Waals surface area contributed by atoms with E-state index in [1.165, 1.54) is 18.2 Å². The third-order valence-corrected chi connectivity index (χ3v) is 7.67. The Morgan fingerprint density at radius 1 is 1.05 bits per heavy atom. The van der Waals surface area contributed by atoms with Gasteiger partial charge in [-0.2, -0.15) is 0 Å².